The Labute approximate surface area is 78.4 Å². The summed E-state index contributed by atoms with van der Waals surface area (Å²) in [6.07, 6.45) is 1.88. The van der Waals surface area contributed by atoms with E-state index in [0.717, 1.165) is 27.0 Å². The fraction of sp³-hybridized carbons (Fsp3) is 0.250. The van der Waals surface area contributed by atoms with Crippen molar-refractivity contribution in [3.8, 4) is 0 Å². The fourth-order valence-corrected chi connectivity index (χ4v) is 1.90. The predicted molar refractivity (Wildman–Crippen MR) is 51.1 cm³/mol. The molecule has 0 atom stereocenters. The average Bonchev–Trinajstić information content (AvgIpc) is 2.31. The van der Waals surface area contributed by atoms with Crippen molar-refractivity contribution in [3.63, 3.8) is 0 Å². The molecule has 2 rings (SSSR count). The lowest BCUT2D eigenvalue weighted by atomic mass is 10.3. The first-order chi connectivity index (χ1) is 5.68. The molecule has 0 amide bonds. The predicted octanol–water partition coefficient (Wildman–Crippen LogP) is 2.34. The number of halogens is 1. The van der Waals surface area contributed by atoms with Gasteiger partial charge in [-0.2, -0.15) is 0 Å². The van der Waals surface area contributed by atoms with Crippen molar-refractivity contribution < 1.29 is 0 Å². The number of fused-ring (bicyclic) bond motifs is 1. The molecular weight excluding hydrogens is 218 g/mol. The molecule has 0 spiro atoms. The lowest BCUT2D eigenvalue weighted by Gasteiger charge is -1.97. The third-order valence-electron chi connectivity index (χ3n) is 1.78. The monoisotopic (exact) mass is 225 g/mol. The summed E-state index contributed by atoms with van der Waals surface area (Å²) in [5.41, 5.74) is 1.90. The topological polar surface area (TPSA) is 41.6 Å². The van der Waals surface area contributed by atoms with E-state index in [9.17, 15) is 0 Å². The molecule has 0 bridgehead atoms. The van der Waals surface area contributed by atoms with Gasteiger partial charge in [0, 0.05) is 10.7 Å². The van der Waals surface area contributed by atoms with Gasteiger partial charge in [-0.15, -0.1) is 0 Å². The Balaban J connectivity index is 2.93. The number of aryl methyl sites for hydroxylation is 2. The third kappa shape index (κ3) is 1.03. The summed E-state index contributed by atoms with van der Waals surface area (Å²) >= 11 is 3.43. The zero-order valence-corrected chi connectivity index (χ0v) is 8.44. The number of rotatable bonds is 0. The molecule has 0 saturated carbocycles. The normalized spacial score (nSPS) is 10.9. The van der Waals surface area contributed by atoms with Crippen molar-refractivity contribution >= 4 is 27.0 Å². The Hall–Kier alpha value is -0.900. The first kappa shape index (κ1) is 7.73. The molecule has 1 N–H and O–H groups in total. The summed E-state index contributed by atoms with van der Waals surface area (Å²) in [5.74, 6) is 0.800. The Morgan fingerprint density at radius 1 is 1.33 bits per heavy atom. The molecule has 3 nitrogen and oxygen atoms in total. The second-order valence-electron chi connectivity index (χ2n) is 2.72. The van der Waals surface area contributed by atoms with Crippen molar-refractivity contribution in [1.29, 1.82) is 0 Å². The van der Waals surface area contributed by atoms with E-state index in [4.69, 9.17) is 0 Å². The molecule has 0 saturated heterocycles. The van der Waals surface area contributed by atoms with Crippen LogP contribution in [-0.2, 0) is 0 Å². The lowest BCUT2D eigenvalue weighted by Crippen LogP contribution is -1.91. The molecule has 4 heteroatoms. The van der Waals surface area contributed by atoms with Gasteiger partial charge in [0.05, 0.1) is 11.1 Å². The summed E-state index contributed by atoms with van der Waals surface area (Å²) in [6.45, 7) is 3.87. The van der Waals surface area contributed by atoms with E-state index in [-0.39, 0.29) is 0 Å². The van der Waals surface area contributed by atoms with Crippen LogP contribution in [0.25, 0.3) is 11.0 Å². The number of hydrogen-bond donors (Lipinski definition) is 1. The number of H-pyrrole nitrogens is 1. The van der Waals surface area contributed by atoms with Gasteiger partial charge in [-0.1, -0.05) is 0 Å². The Bertz CT molecular complexity index is 433. The molecule has 0 unspecified atom stereocenters. The zero-order chi connectivity index (χ0) is 8.72. The van der Waals surface area contributed by atoms with E-state index >= 15 is 0 Å². The van der Waals surface area contributed by atoms with Crippen LogP contribution in [0.15, 0.2) is 10.7 Å². The van der Waals surface area contributed by atoms with Crippen LogP contribution in [0.3, 0.4) is 0 Å². The minimum Gasteiger partial charge on any atom is -0.345 e. The molecule has 0 fully saturated rings. The highest BCUT2D eigenvalue weighted by molar-refractivity contribution is 9.10. The number of hydrogen-bond acceptors (Lipinski definition) is 2. The quantitative estimate of drug-likeness (QED) is 0.748. The standard InChI is InChI=1S/C8H8BrN3/c1-4-7-6(9)3-10-8(7)12-5(2)11-4/h3H,1-2H3,(H,10,11,12). The van der Waals surface area contributed by atoms with Crippen LogP contribution in [0, 0.1) is 13.8 Å². The van der Waals surface area contributed by atoms with Gasteiger partial charge in [0.15, 0.2) is 0 Å². The first-order valence-electron chi connectivity index (χ1n) is 3.66. The van der Waals surface area contributed by atoms with Gasteiger partial charge in [-0.25, -0.2) is 9.97 Å². The van der Waals surface area contributed by atoms with Crippen LogP contribution in [0.2, 0.25) is 0 Å². The van der Waals surface area contributed by atoms with Crippen LogP contribution >= 0.6 is 15.9 Å². The minimum absolute atomic E-state index is 0.800. The Morgan fingerprint density at radius 2 is 2.08 bits per heavy atom. The van der Waals surface area contributed by atoms with Crippen molar-refractivity contribution in [2.45, 2.75) is 13.8 Å². The summed E-state index contributed by atoms with van der Waals surface area (Å²) in [6, 6.07) is 0. The van der Waals surface area contributed by atoms with Gasteiger partial charge < -0.3 is 4.98 Å². The smallest absolute Gasteiger partial charge is 0.142 e. The number of aromatic nitrogens is 3. The van der Waals surface area contributed by atoms with Crippen molar-refractivity contribution in [2.75, 3.05) is 0 Å². The van der Waals surface area contributed by atoms with Gasteiger partial charge in [0.1, 0.15) is 11.5 Å². The van der Waals surface area contributed by atoms with E-state index in [1.165, 1.54) is 0 Å². The van der Waals surface area contributed by atoms with Crippen molar-refractivity contribution in [3.05, 3.63) is 22.2 Å². The summed E-state index contributed by atoms with van der Waals surface area (Å²) in [7, 11) is 0. The maximum absolute atomic E-state index is 4.27. The lowest BCUT2D eigenvalue weighted by molar-refractivity contribution is 1.04. The summed E-state index contributed by atoms with van der Waals surface area (Å²) in [5, 5.41) is 1.07. The summed E-state index contributed by atoms with van der Waals surface area (Å²) < 4.78 is 1.02. The van der Waals surface area contributed by atoms with Crippen LogP contribution < -0.4 is 0 Å². The molecule has 12 heavy (non-hydrogen) atoms. The van der Waals surface area contributed by atoms with Gasteiger partial charge in [0.2, 0.25) is 0 Å². The second-order valence-corrected chi connectivity index (χ2v) is 3.57. The molecule has 0 radical (unpaired) electrons. The van der Waals surface area contributed by atoms with Crippen molar-refractivity contribution in [1.82, 2.24) is 15.0 Å². The molecule has 0 aliphatic heterocycles. The highest BCUT2D eigenvalue weighted by Gasteiger charge is 2.06. The number of nitrogens with zero attached hydrogens (tertiary/aromatic N) is 2. The zero-order valence-electron chi connectivity index (χ0n) is 6.85. The minimum atomic E-state index is 0.800. The van der Waals surface area contributed by atoms with Crippen LogP contribution in [-0.4, -0.2) is 15.0 Å². The van der Waals surface area contributed by atoms with Gasteiger partial charge >= 0.3 is 0 Å². The highest BCUT2D eigenvalue weighted by Crippen LogP contribution is 2.23. The molecular formula is C8H8BrN3. The first-order valence-corrected chi connectivity index (χ1v) is 4.45. The van der Waals surface area contributed by atoms with E-state index in [2.05, 4.69) is 30.9 Å². The SMILES string of the molecule is Cc1nc(C)c2c(Br)c[nH]c2n1. The average molecular weight is 226 g/mol. The molecule has 2 aromatic heterocycles. The maximum Gasteiger partial charge on any atom is 0.142 e. The Morgan fingerprint density at radius 3 is 2.83 bits per heavy atom. The molecule has 2 heterocycles. The van der Waals surface area contributed by atoms with Crippen molar-refractivity contribution in [2.24, 2.45) is 0 Å². The number of aromatic amines is 1. The van der Waals surface area contributed by atoms with Gasteiger partial charge in [-0.3, -0.25) is 0 Å². The van der Waals surface area contributed by atoms with Crippen LogP contribution in [0.5, 0.6) is 0 Å². The fourth-order valence-electron chi connectivity index (χ4n) is 1.31. The van der Waals surface area contributed by atoms with E-state index in [1.54, 1.807) is 0 Å². The van der Waals surface area contributed by atoms with E-state index in [1.807, 2.05) is 20.0 Å². The Kier molecular flexibility index (Phi) is 1.65. The summed E-state index contributed by atoms with van der Waals surface area (Å²) in [4.78, 5) is 11.6. The maximum atomic E-state index is 4.27. The van der Waals surface area contributed by atoms with Gasteiger partial charge in [0.25, 0.3) is 0 Å². The van der Waals surface area contributed by atoms with Crippen LogP contribution in [0.1, 0.15) is 11.5 Å². The molecule has 62 valence electrons. The molecule has 0 aliphatic rings. The van der Waals surface area contributed by atoms with E-state index < -0.39 is 0 Å². The third-order valence-corrected chi connectivity index (χ3v) is 2.40. The molecule has 0 aliphatic carbocycles. The molecule has 0 aromatic carbocycles. The number of nitrogens with one attached hydrogen (secondary N) is 1. The largest absolute Gasteiger partial charge is 0.345 e. The second kappa shape index (κ2) is 2.55. The van der Waals surface area contributed by atoms with Crippen LogP contribution in [0.4, 0.5) is 0 Å². The van der Waals surface area contributed by atoms with E-state index in [0.29, 0.717) is 0 Å². The molecule has 2 aromatic rings. The van der Waals surface area contributed by atoms with Gasteiger partial charge in [-0.05, 0) is 29.8 Å². The highest BCUT2D eigenvalue weighted by atomic mass is 79.9.